The van der Waals surface area contributed by atoms with Gasteiger partial charge >= 0.3 is 0 Å². The molecule has 0 unspecified atom stereocenters. The van der Waals surface area contributed by atoms with Gasteiger partial charge in [0.15, 0.2) is 5.96 Å². The maximum Gasteiger partial charge on any atom is 0.194 e. The van der Waals surface area contributed by atoms with E-state index in [2.05, 4.69) is 62.5 Å². The molecule has 0 aliphatic carbocycles. The Morgan fingerprint density at radius 2 is 2.18 bits per heavy atom. The minimum atomic E-state index is 0.805. The van der Waals surface area contributed by atoms with E-state index in [9.17, 15) is 0 Å². The number of nitrogens with zero attached hydrogens (tertiary/aromatic N) is 2. The van der Waals surface area contributed by atoms with Crippen molar-refractivity contribution in [3.05, 3.63) is 40.4 Å². The Morgan fingerprint density at radius 3 is 2.82 bits per heavy atom. The molecule has 0 saturated heterocycles. The molecular weight excluding hydrogens is 278 g/mol. The summed E-state index contributed by atoms with van der Waals surface area (Å²) in [6.45, 7) is 2.72. The number of guanidine groups is 1. The summed E-state index contributed by atoms with van der Waals surface area (Å²) in [5, 5.41) is 3.29. The zero-order valence-electron chi connectivity index (χ0n) is 9.86. The van der Waals surface area contributed by atoms with Crippen LogP contribution in [0.15, 0.2) is 39.8 Å². The van der Waals surface area contributed by atoms with E-state index >= 15 is 0 Å². The Balaban J connectivity index is 1.80. The third-order valence-corrected chi connectivity index (χ3v) is 3.15. The minimum absolute atomic E-state index is 0.805. The first kappa shape index (κ1) is 12.2. The molecule has 1 aromatic rings. The van der Waals surface area contributed by atoms with Gasteiger partial charge in [0.1, 0.15) is 0 Å². The predicted molar refractivity (Wildman–Crippen MR) is 76.1 cm³/mol. The Bertz CT molecular complexity index is 423. The zero-order valence-corrected chi connectivity index (χ0v) is 11.4. The molecule has 1 N–H and O–H groups in total. The lowest BCUT2D eigenvalue weighted by Crippen LogP contribution is -2.35. The van der Waals surface area contributed by atoms with Gasteiger partial charge in [-0.15, -0.1) is 0 Å². The van der Waals surface area contributed by atoms with Crippen molar-refractivity contribution in [1.82, 2.24) is 10.2 Å². The maximum absolute atomic E-state index is 4.36. The second-order valence-electron chi connectivity index (χ2n) is 3.96. The maximum atomic E-state index is 4.36. The lowest BCUT2D eigenvalue weighted by Gasteiger charge is -2.13. The minimum Gasteiger partial charge on any atom is -0.353 e. The molecular formula is C13H16BrN3. The number of benzene rings is 1. The summed E-state index contributed by atoms with van der Waals surface area (Å²) in [5.74, 6) is 0.991. The summed E-state index contributed by atoms with van der Waals surface area (Å²) in [6.07, 6.45) is 4.22. The van der Waals surface area contributed by atoms with E-state index in [0.29, 0.717) is 0 Å². The van der Waals surface area contributed by atoms with Gasteiger partial charge in [-0.3, -0.25) is 4.99 Å². The van der Waals surface area contributed by atoms with E-state index < -0.39 is 0 Å². The summed E-state index contributed by atoms with van der Waals surface area (Å²) in [6, 6.07) is 8.25. The largest absolute Gasteiger partial charge is 0.353 e. The van der Waals surface area contributed by atoms with E-state index in [1.807, 2.05) is 12.1 Å². The third-order valence-electron chi connectivity index (χ3n) is 2.62. The molecule has 0 aromatic heterocycles. The summed E-state index contributed by atoms with van der Waals surface area (Å²) in [7, 11) is 2.05. The van der Waals surface area contributed by atoms with E-state index in [-0.39, 0.29) is 0 Å². The standard InChI is InChI=1S/C13H16BrN3/c1-17-10-9-16-13(17)15-8-2-3-11-4-6-12(14)7-5-11/h2-7H,8-10H2,1H3,(H,15,16)/b3-2+. The molecule has 1 heterocycles. The molecule has 1 aromatic carbocycles. The fraction of sp³-hybridized carbons (Fsp3) is 0.308. The SMILES string of the molecule is CN1CCN=C1NC/C=C/c1ccc(Br)cc1. The third kappa shape index (κ3) is 3.60. The van der Waals surface area contributed by atoms with Gasteiger partial charge in [0.25, 0.3) is 0 Å². The quantitative estimate of drug-likeness (QED) is 0.926. The molecule has 0 spiro atoms. The van der Waals surface area contributed by atoms with Crippen LogP contribution in [0.5, 0.6) is 0 Å². The average Bonchev–Trinajstić information content (AvgIpc) is 2.73. The van der Waals surface area contributed by atoms with Crippen LogP contribution in [0.2, 0.25) is 0 Å². The second kappa shape index (κ2) is 5.87. The van der Waals surface area contributed by atoms with Crippen molar-refractivity contribution in [2.75, 3.05) is 26.7 Å². The van der Waals surface area contributed by atoms with Gasteiger partial charge in [0, 0.05) is 24.6 Å². The number of likely N-dealkylation sites (N-methyl/N-ethyl adjacent to an activating group) is 1. The Morgan fingerprint density at radius 1 is 1.41 bits per heavy atom. The van der Waals surface area contributed by atoms with Gasteiger partial charge in [0.05, 0.1) is 6.54 Å². The van der Waals surface area contributed by atoms with Crippen LogP contribution < -0.4 is 5.32 Å². The number of halogens is 1. The van der Waals surface area contributed by atoms with Crippen LogP contribution in [0.25, 0.3) is 6.08 Å². The van der Waals surface area contributed by atoms with Crippen LogP contribution in [0.1, 0.15) is 5.56 Å². The van der Waals surface area contributed by atoms with Gasteiger partial charge in [-0.1, -0.05) is 40.2 Å². The lowest BCUT2D eigenvalue weighted by atomic mass is 10.2. The van der Waals surface area contributed by atoms with Crippen molar-refractivity contribution in [3.63, 3.8) is 0 Å². The number of rotatable bonds is 3. The second-order valence-corrected chi connectivity index (χ2v) is 4.88. The van der Waals surface area contributed by atoms with Crippen LogP contribution in [0.3, 0.4) is 0 Å². The normalized spacial score (nSPS) is 15.4. The molecule has 0 atom stereocenters. The Kier molecular flexibility index (Phi) is 4.20. The van der Waals surface area contributed by atoms with Crippen molar-refractivity contribution in [1.29, 1.82) is 0 Å². The first-order valence-electron chi connectivity index (χ1n) is 5.67. The monoisotopic (exact) mass is 293 g/mol. The molecule has 3 nitrogen and oxygen atoms in total. The van der Waals surface area contributed by atoms with Crippen LogP contribution in [-0.2, 0) is 0 Å². The Hall–Kier alpha value is -1.29. The van der Waals surface area contributed by atoms with Gasteiger partial charge in [-0.2, -0.15) is 0 Å². The molecule has 0 radical (unpaired) electrons. The van der Waals surface area contributed by atoms with Crippen molar-refractivity contribution >= 4 is 28.0 Å². The van der Waals surface area contributed by atoms with Crippen molar-refractivity contribution < 1.29 is 0 Å². The summed E-state index contributed by atoms with van der Waals surface area (Å²) in [5.41, 5.74) is 1.21. The molecule has 1 aliphatic rings. The van der Waals surface area contributed by atoms with Crippen LogP contribution >= 0.6 is 15.9 Å². The summed E-state index contributed by atoms with van der Waals surface area (Å²) in [4.78, 5) is 6.50. The molecule has 17 heavy (non-hydrogen) atoms. The summed E-state index contributed by atoms with van der Waals surface area (Å²) < 4.78 is 1.11. The topological polar surface area (TPSA) is 27.6 Å². The molecule has 4 heteroatoms. The Labute approximate surface area is 110 Å². The molecule has 2 rings (SSSR count). The number of hydrogen-bond acceptors (Lipinski definition) is 3. The smallest absolute Gasteiger partial charge is 0.194 e. The van der Waals surface area contributed by atoms with Crippen molar-refractivity contribution in [2.45, 2.75) is 0 Å². The molecule has 0 bridgehead atoms. The average molecular weight is 294 g/mol. The molecule has 0 saturated carbocycles. The molecule has 90 valence electrons. The van der Waals surface area contributed by atoms with E-state index in [4.69, 9.17) is 0 Å². The number of nitrogens with one attached hydrogen (secondary N) is 1. The van der Waals surface area contributed by atoms with E-state index in [1.54, 1.807) is 0 Å². The highest BCUT2D eigenvalue weighted by molar-refractivity contribution is 9.10. The van der Waals surface area contributed by atoms with E-state index in [1.165, 1.54) is 5.56 Å². The van der Waals surface area contributed by atoms with Crippen LogP contribution in [0.4, 0.5) is 0 Å². The lowest BCUT2D eigenvalue weighted by molar-refractivity contribution is 0.538. The zero-order chi connectivity index (χ0) is 12.1. The van der Waals surface area contributed by atoms with E-state index in [0.717, 1.165) is 30.1 Å². The van der Waals surface area contributed by atoms with Crippen LogP contribution in [0, 0.1) is 0 Å². The number of aliphatic imine (C=N–C) groups is 1. The highest BCUT2D eigenvalue weighted by Crippen LogP contribution is 2.11. The molecule has 0 fully saturated rings. The predicted octanol–water partition coefficient (Wildman–Crippen LogP) is 2.35. The molecule has 1 aliphatic heterocycles. The van der Waals surface area contributed by atoms with Gasteiger partial charge in [-0.05, 0) is 17.7 Å². The summed E-state index contributed by atoms with van der Waals surface area (Å²) >= 11 is 3.42. The highest BCUT2D eigenvalue weighted by atomic mass is 79.9. The first-order chi connectivity index (χ1) is 8.25. The van der Waals surface area contributed by atoms with Gasteiger partial charge < -0.3 is 10.2 Å². The fourth-order valence-electron chi connectivity index (χ4n) is 1.64. The van der Waals surface area contributed by atoms with Gasteiger partial charge in [-0.25, -0.2) is 0 Å². The van der Waals surface area contributed by atoms with Crippen LogP contribution in [-0.4, -0.2) is 37.5 Å². The molecule has 0 amide bonds. The van der Waals surface area contributed by atoms with Crippen molar-refractivity contribution in [3.8, 4) is 0 Å². The highest BCUT2D eigenvalue weighted by Gasteiger charge is 2.09. The fourth-order valence-corrected chi connectivity index (χ4v) is 1.91. The first-order valence-corrected chi connectivity index (χ1v) is 6.46. The van der Waals surface area contributed by atoms with Gasteiger partial charge in [0.2, 0.25) is 0 Å². The number of hydrogen-bond donors (Lipinski definition) is 1. The van der Waals surface area contributed by atoms with Crippen molar-refractivity contribution in [2.24, 2.45) is 4.99 Å².